The molecule has 0 radical (unpaired) electrons. The first-order chi connectivity index (χ1) is 29.2. The molecule has 0 aromatic heterocycles. The van der Waals surface area contributed by atoms with Crippen LogP contribution in [0.25, 0.3) is 0 Å². The summed E-state index contributed by atoms with van der Waals surface area (Å²) in [7, 11) is 0. The van der Waals surface area contributed by atoms with E-state index in [2.05, 4.69) is 34.6 Å². The van der Waals surface area contributed by atoms with Crippen molar-refractivity contribution in [2.75, 3.05) is 13.2 Å². The van der Waals surface area contributed by atoms with Crippen LogP contribution in [0.15, 0.2) is 0 Å². The molecule has 0 spiro atoms. The van der Waals surface area contributed by atoms with Crippen LogP contribution in [0.3, 0.4) is 0 Å². The van der Waals surface area contributed by atoms with Gasteiger partial charge in [0, 0.05) is 19.3 Å². The van der Waals surface area contributed by atoms with E-state index in [1.165, 1.54) is 186 Å². The number of carbonyl (C=O) groups is 3. The van der Waals surface area contributed by atoms with Crippen molar-refractivity contribution >= 4 is 17.9 Å². The van der Waals surface area contributed by atoms with Crippen molar-refractivity contribution in [1.29, 1.82) is 0 Å². The molecule has 0 saturated carbocycles. The number of hydrogen-bond donors (Lipinski definition) is 0. The van der Waals surface area contributed by atoms with E-state index in [1.807, 2.05) is 0 Å². The van der Waals surface area contributed by atoms with Gasteiger partial charge in [-0.3, -0.25) is 14.4 Å². The Bertz CT molecular complexity index is 916. The molecule has 356 valence electrons. The van der Waals surface area contributed by atoms with Gasteiger partial charge in [0.15, 0.2) is 6.10 Å². The summed E-state index contributed by atoms with van der Waals surface area (Å²) in [5.74, 6) is 0.805. The summed E-state index contributed by atoms with van der Waals surface area (Å²) in [6.07, 6.45) is 48.2. The van der Waals surface area contributed by atoms with Crippen LogP contribution in [0, 0.1) is 11.8 Å². The number of esters is 3. The Labute approximate surface area is 374 Å². The van der Waals surface area contributed by atoms with Gasteiger partial charge in [-0.05, 0) is 31.1 Å². The number of rotatable bonds is 48. The maximum absolute atomic E-state index is 12.8. The highest BCUT2D eigenvalue weighted by atomic mass is 16.6. The van der Waals surface area contributed by atoms with E-state index < -0.39 is 6.10 Å². The Balaban J connectivity index is 4.20. The Kier molecular flexibility index (Phi) is 45.7. The van der Waals surface area contributed by atoms with E-state index in [-0.39, 0.29) is 31.1 Å². The van der Waals surface area contributed by atoms with Crippen LogP contribution in [0.4, 0.5) is 0 Å². The molecule has 60 heavy (non-hydrogen) atoms. The zero-order valence-corrected chi connectivity index (χ0v) is 41.1. The summed E-state index contributed by atoms with van der Waals surface area (Å²) in [6, 6.07) is 0. The Morgan fingerprint density at radius 1 is 0.317 bits per heavy atom. The van der Waals surface area contributed by atoms with Crippen LogP contribution < -0.4 is 0 Å². The molecule has 0 aromatic rings. The maximum Gasteiger partial charge on any atom is 0.306 e. The fourth-order valence-corrected chi connectivity index (χ4v) is 8.17. The van der Waals surface area contributed by atoms with Gasteiger partial charge >= 0.3 is 17.9 Å². The molecule has 0 amide bonds. The molecule has 6 heteroatoms. The van der Waals surface area contributed by atoms with E-state index >= 15 is 0 Å². The fraction of sp³-hybridized carbons (Fsp3) is 0.944. The molecule has 0 saturated heterocycles. The summed E-state index contributed by atoms with van der Waals surface area (Å²) < 4.78 is 16.8. The molecular formula is C54H104O6. The lowest BCUT2D eigenvalue weighted by atomic mass is 10.0. The fourth-order valence-electron chi connectivity index (χ4n) is 8.17. The van der Waals surface area contributed by atoms with Gasteiger partial charge in [0.05, 0.1) is 0 Å². The van der Waals surface area contributed by atoms with Crippen LogP contribution >= 0.6 is 0 Å². The molecular weight excluding hydrogens is 745 g/mol. The van der Waals surface area contributed by atoms with Crippen LogP contribution in [-0.2, 0) is 28.6 Å². The Morgan fingerprint density at radius 3 is 0.817 bits per heavy atom. The Morgan fingerprint density at radius 2 is 0.550 bits per heavy atom. The second-order valence-corrected chi connectivity index (χ2v) is 19.5. The van der Waals surface area contributed by atoms with Crippen LogP contribution in [0.1, 0.15) is 298 Å². The van der Waals surface area contributed by atoms with E-state index in [9.17, 15) is 14.4 Å². The second-order valence-electron chi connectivity index (χ2n) is 19.5. The highest BCUT2D eigenvalue weighted by Gasteiger charge is 2.19. The molecule has 0 fully saturated rings. The minimum Gasteiger partial charge on any atom is -0.462 e. The van der Waals surface area contributed by atoms with E-state index in [0.29, 0.717) is 19.3 Å². The lowest BCUT2D eigenvalue weighted by molar-refractivity contribution is -0.167. The van der Waals surface area contributed by atoms with Gasteiger partial charge in [0.25, 0.3) is 0 Å². The highest BCUT2D eigenvalue weighted by Crippen LogP contribution is 2.18. The smallest absolute Gasteiger partial charge is 0.306 e. The average molecular weight is 849 g/mol. The normalized spacial score (nSPS) is 12.1. The number of carbonyl (C=O) groups excluding carboxylic acids is 3. The van der Waals surface area contributed by atoms with Crippen molar-refractivity contribution in [2.45, 2.75) is 304 Å². The average Bonchev–Trinajstić information content (AvgIpc) is 3.22. The lowest BCUT2D eigenvalue weighted by Crippen LogP contribution is -2.30. The molecule has 0 bridgehead atoms. The molecule has 0 aliphatic heterocycles. The van der Waals surface area contributed by atoms with Gasteiger partial charge in [-0.1, -0.05) is 259 Å². The number of hydrogen-bond acceptors (Lipinski definition) is 6. The summed E-state index contributed by atoms with van der Waals surface area (Å²) in [5.41, 5.74) is 0. The molecule has 0 rings (SSSR count). The van der Waals surface area contributed by atoms with Crippen molar-refractivity contribution < 1.29 is 28.6 Å². The third kappa shape index (κ3) is 47.5. The van der Waals surface area contributed by atoms with Gasteiger partial charge in [0.1, 0.15) is 13.2 Å². The van der Waals surface area contributed by atoms with Crippen LogP contribution in [0.2, 0.25) is 0 Å². The van der Waals surface area contributed by atoms with Crippen molar-refractivity contribution in [3.63, 3.8) is 0 Å². The Hall–Kier alpha value is -1.59. The van der Waals surface area contributed by atoms with Gasteiger partial charge < -0.3 is 14.2 Å². The standard InChI is InChI=1S/C54H104O6/c1-6-7-8-9-10-11-23-29-34-39-44-52(55)58-47-51(48-59-53(56)45-40-35-30-26-25-28-33-38-43-50(4)5)60-54(57)46-41-36-31-24-21-19-17-15-13-12-14-16-18-20-22-27-32-37-42-49(2)3/h49-51H,6-48H2,1-5H3/t51-/m1/s1. The predicted octanol–water partition coefficient (Wildman–Crippen LogP) is 17.3. The quantitative estimate of drug-likeness (QED) is 0.0345. The molecule has 0 aliphatic carbocycles. The van der Waals surface area contributed by atoms with Crippen LogP contribution in [0.5, 0.6) is 0 Å². The topological polar surface area (TPSA) is 78.9 Å². The first kappa shape index (κ1) is 58.4. The second kappa shape index (κ2) is 46.9. The molecule has 0 aromatic carbocycles. The third-order valence-corrected chi connectivity index (χ3v) is 12.2. The summed E-state index contributed by atoms with van der Waals surface area (Å²) in [4.78, 5) is 37.9. The lowest BCUT2D eigenvalue weighted by Gasteiger charge is -2.18. The van der Waals surface area contributed by atoms with Gasteiger partial charge in [-0.2, -0.15) is 0 Å². The van der Waals surface area contributed by atoms with Gasteiger partial charge in [0.2, 0.25) is 0 Å². The molecule has 0 N–H and O–H groups in total. The molecule has 6 nitrogen and oxygen atoms in total. The van der Waals surface area contributed by atoms with Gasteiger partial charge in [-0.25, -0.2) is 0 Å². The monoisotopic (exact) mass is 849 g/mol. The highest BCUT2D eigenvalue weighted by molar-refractivity contribution is 5.71. The zero-order valence-electron chi connectivity index (χ0n) is 41.1. The van der Waals surface area contributed by atoms with Gasteiger partial charge in [-0.15, -0.1) is 0 Å². The minimum atomic E-state index is -0.761. The van der Waals surface area contributed by atoms with Crippen molar-refractivity contribution in [3.05, 3.63) is 0 Å². The predicted molar refractivity (Wildman–Crippen MR) is 256 cm³/mol. The zero-order chi connectivity index (χ0) is 44.0. The van der Waals surface area contributed by atoms with Crippen molar-refractivity contribution in [1.82, 2.24) is 0 Å². The largest absolute Gasteiger partial charge is 0.462 e. The SMILES string of the molecule is CCCCCCCCCCCCC(=O)OC[C@H](COC(=O)CCCCCCCCCCC(C)C)OC(=O)CCCCCCCCCCCCCCCCCCCCC(C)C. The number of ether oxygens (including phenoxy) is 3. The summed E-state index contributed by atoms with van der Waals surface area (Å²) in [5, 5.41) is 0. The molecule has 0 aliphatic rings. The first-order valence-corrected chi connectivity index (χ1v) is 26.7. The van der Waals surface area contributed by atoms with Crippen molar-refractivity contribution in [2.24, 2.45) is 11.8 Å². The van der Waals surface area contributed by atoms with Crippen LogP contribution in [-0.4, -0.2) is 37.2 Å². The molecule has 1 atom stereocenters. The first-order valence-electron chi connectivity index (χ1n) is 26.7. The van der Waals surface area contributed by atoms with E-state index in [0.717, 1.165) is 69.6 Å². The minimum absolute atomic E-state index is 0.0639. The van der Waals surface area contributed by atoms with Crippen molar-refractivity contribution in [3.8, 4) is 0 Å². The van der Waals surface area contributed by atoms with E-state index in [4.69, 9.17) is 14.2 Å². The number of unbranched alkanes of at least 4 members (excludes halogenated alkanes) is 33. The molecule has 0 unspecified atom stereocenters. The summed E-state index contributed by atoms with van der Waals surface area (Å²) >= 11 is 0. The van der Waals surface area contributed by atoms with E-state index in [1.54, 1.807) is 0 Å². The maximum atomic E-state index is 12.8. The third-order valence-electron chi connectivity index (χ3n) is 12.2. The summed E-state index contributed by atoms with van der Waals surface area (Å²) in [6.45, 7) is 11.4. The molecule has 0 heterocycles.